The molecule has 2 amide bonds. The minimum absolute atomic E-state index is 0.0881. The molecule has 1 saturated heterocycles. The van der Waals surface area contributed by atoms with Gasteiger partial charge in [0.2, 0.25) is 11.8 Å². The van der Waals surface area contributed by atoms with E-state index in [0.29, 0.717) is 17.4 Å². The highest BCUT2D eigenvalue weighted by atomic mass is 32.2. The molecule has 3 aromatic carbocycles. The molecule has 1 fully saturated rings. The van der Waals surface area contributed by atoms with Gasteiger partial charge in [0.1, 0.15) is 11.0 Å². The summed E-state index contributed by atoms with van der Waals surface area (Å²) in [6.45, 7) is 4.52. The lowest BCUT2D eigenvalue weighted by Gasteiger charge is -2.32. The zero-order valence-corrected chi connectivity index (χ0v) is 21.7. The number of aliphatic imine (C=N–C) groups is 1. The Morgan fingerprint density at radius 1 is 1.08 bits per heavy atom. The molecule has 1 atom stereocenters. The summed E-state index contributed by atoms with van der Waals surface area (Å²) >= 11 is 1.34. The number of anilines is 1. The van der Waals surface area contributed by atoms with E-state index < -0.39 is 5.25 Å². The molecule has 7 heteroatoms. The quantitative estimate of drug-likeness (QED) is 0.417. The smallest absolute Gasteiger partial charge is 0.238 e. The normalized spacial score (nSPS) is 16.8. The molecule has 1 aliphatic heterocycles. The van der Waals surface area contributed by atoms with Gasteiger partial charge in [0.15, 0.2) is 5.17 Å². The van der Waals surface area contributed by atoms with Crippen molar-refractivity contribution in [1.82, 2.24) is 4.90 Å². The highest BCUT2D eigenvalue weighted by Crippen LogP contribution is 2.31. The van der Waals surface area contributed by atoms with Crippen molar-refractivity contribution in [2.45, 2.75) is 38.4 Å². The third kappa shape index (κ3) is 6.55. The van der Waals surface area contributed by atoms with E-state index in [1.807, 2.05) is 74.5 Å². The average Bonchev–Trinajstić information content (AvgIpc) is 2.88. The molecule has 186 valence electrons. The van der Waals surface area contributed by atoms with E-state index in [1.165, 1.54) is 17.3 Å². The summed E-state index contributed by atoms with van der Waals surface area (Å²) in [6, 6.07) is 23.5. The lowest BCUT2D eigenvalue weighted by molar-refractivity contribution is -0.129. The molecule has 0 aliphatic carbocycles. The van der Waals surface area contributed by atoms with Crippen molar-refractivity contribution in [3.63, 3.8) is 0 Å². The first kappa shape index (κ1) is 25.5. The van der Waals surface area contributed by atoms with Crippen LogP contribution in [0.1, 0.15) is 29.5 Å². The van der Waals surface area contributed by atoms with Crippen LogP contribution < -0.4 is 10.1 Å². The number of thioether (sulfide) groups is 1. The number of benzene rings is 3. The molecule has 0 saturated carbocycles. The monoisotopic (exact) mass is 501 g/mol. The summed E-state index contributed by atoms with van der Waals surface area (Å²) in [4.78, 5) is 32.9. The lowest BCUT2D eigenvalue weighted by Crippen LogP contribution is -2.45. The maximum atomic E-state index is 13.2. The SMILES string of the molecule is COc1ccc(N=C2SC(C(=O)Nc3ccc(C)cc3C)CC(=O)N2CCCc2ccccc2)cc1. The van der Waals surface area contributed by atoms with E-state index in [0.717, 1.165) is 35.4 Å². The molecule has 3 aromatic rings. The van der Waals surface area contributed by atoms with Gasteiger partial charge in [-0.3, -0.25) is 14.5 Å². The number of rotatable bonds is 8. The third-order valence-electron chi connectivity index (χ3n) is 6.06. The van der Waals surface area contributed by atoms with E-state index in [-0.39, 0.29) is 18.2 Å². The fourth-order valence-electron chi connectivity index (χ4n) is 4.08. The predicted molar refractivity (Wildman–Crippen MR) is 147 cm³/mol. The van der Waals surface area contributed by atoms with Gasteiger partial charge in [0, 0.05) is 18.7 Å². The Morgan fingerprint density at radius 3 is 2.53 bits per heavy atom. The molecule has 36 heavy (non-hydrogen) atoms. The molecule has 4 rings (SSSR count). The van der Waals surface area contributed by atoms with Crippen molar-refractivity contribution in [2.24, 2.45) is 4.99 Å². The van der Waals surface area contributed by atoms with Crippen LogP contribution >= 0.6 is 11.8 Å². The van der Waals surface area contributed by atoms with Gasteiger partial charge in [-0.05, 0) is 68.1 Å². The third-order valence-corrected chi connectivity index (χ3v) is 7.25. The molecular weight excluding hydrogens is 470 g/mol. The standard InChI is InChI=1S/C29H31N3O3S/c1-20-11-16-25(21(2)18-20)31-28(34)26-19-27(33)32(17-7-10-22-8-5-4-6-9-22)29(36-26)30-23-12-14-24(35-3)15-13-23/h4-6,8-9,11-16,18,26H,7,10,17,19H2,1-3H3,(H,31,34). The number of carbonyl (C=O) groups excluding carboxylic acids is 2. The van der Waals surface area contributed by atoms with Crippen LogP contribution in [0.5, 0.6) is 5.75 Å². The minimum atomic E-state index is -0.555. The summed E-state index contributed by atoms with van der Waals surface area (Å²) in [5, 5.41) is 3.00. The van der Waals surface area contributed by atoms with E-state index in [9.17, 15) is 9.59 Å². The minimum Gasteiger partial charge on any atom is -0.497 e. The van der Waals surface area contributed by atoms with Crippen molar-refractivity contribution < 1.29 is 14.3 Å². The van der Waals surface area contributed by atoms with Gasteiger partial charge in [-0.2, -0.15) is 0 Å². The summed E-state index contributed by atoms with van der Waals surface area (Å²) in [7, 11) is 1.62. The molecule has 1 N–H and O–H groups in total. The maximum Gasteiger partial charge on any atom is 0.238 e. The molecule has 0 radical (unpaired) electrons. The maximum absolute atomic E-state index is 13.2. The Bertz CT molecular complexity index is 1240. The second-order valence-electron chi connectivity index (χ2n) is 8.85. The van der Waals surface area contributed by atoms with Crippen LogP contribution in [0, 0.1) is 13.8 Å². The molecule has 1 aliphatic rings. The van der Waals surface area contributed by atoms with Crippen LogP contribution in [-0.2, 0) is 16.0 Å². The second-order valence-corrected chi connectivity index (χ2v) is 10.0. The van der Waals surface area contributed by atoms with E-state index >= 15 is 0 Å². The van der Waals surface area contributed by atoms with E-state index in [4.69, 9.17) is 9.73 Å². The average molecular weight is 502 g/mol. The first-order valence-electron chi connectivity index (χ1n) is 12.0. The molecule has 6 nitrogen and oxygen atoms in total. The number of hydrogen-bond acceptors (Lipinski definition) is 5. The van der Waals surface area contributed by atoms with Gasteiger partial charge in [0.05, 0.1) is 12.8 Å². The number of nitrogens with zero attached hydrogens (tertiary/aromatic N) is 2. The van der Waals surface area contributed by atoms with Crippen LogP contribution in [-0.4, -0.2) is 40.8 Å². The number of methoxy groups -OCH3 is 1. The van der Waals surface area contributed by atoms with Crippen LogP contribution in [0.25, 0.3) is 0 Å². The number of amidine groups is 1. The first-order chi connectivity index (χ1) is 17.4. The number of amides is 2. The topological polar surface area (TPSA) is 71.0 Å². The Labute approximate surface area is 216 Å². The van der Waals surface area contributed by atoms with Crippen molar-refractivity contribution in [3.8, 4) is 5.75 Å². The Balaban J connectivity index is 1.52. The van der Waals surface area contributed by atoms with Crippen molar-refractivity contribution in [1.29, 1.82) is 0 Å². The largest absolute Gasteiger partial charge is 0.497 e. The van der Waals surface area contributed by atoms with Crippen LogP contribution in [0.4, 0.5) is 11.4 Å². The zero-order chi connectivity index (χ0) is 25.5. The lowest BCUT2D eigenvalue weighted by atomic mass is 10.1. The number of aryl methyl sites for hydroxylation is 3. The number of carbonyl (C=O) groups is 2. The van der Waals surface area contributed by atoms with E-state index in [2.05, 4.69) is 17.4 Å². The van der Waals surface area contributed by atoms with Gasteiger partial charge in [0.25, 0.3) is 0 Å². The van der Waals surface area contributed by atoms with Crippen LogP contribution in [0.15, 0.2) is 77.8 Å². The van der Waals surface area contributed by atoms with Gasteiger partial charge in [-0.15, -0.1) is 0 Å². The molecule has 1 heterocycles. The predicted octanol–water partition coefficient (Wildman–Crippen LogP) is 5.91. The molecule has 0 aromatic heterocycles. The van der Waals surface area contributed by atoms with Gasteiger partial charge in [-0.25, -0.2) is 4.99 Å². The fourth-order valence-corrected chi connectivity index (χ4v) is 5.21. The van der Waals surface area contributed by atoms with Crippen molar-refractivity contribution in [3.05, 3.63) is 89.5 Å². The first-order valence-corrected chi connectivity index (χ1v) is 12.9. The van der Waals surface area contributed by atoms with E-state index in [1.54, 1.807) is 12.0 Å². The number of ether oxygens (including phenoxy) is 1. The summed E-state index contributed by atoms with van der Waals surface area (Å²) < 4.78 is 5.24. The van der Waals surface area contributed by atoms with Crippen molar-refractivity contribution in [2.75, 3.05) is 19.0 Å². The van der Waals surface area contributed by atoms with Gasteiger partial charge in [-0.1, -0.05) is 59.8 Å². The Morgan fingerprint density at radius 2 is 1.83 bits per heavy atom. The highest BCUT2D eigenvalue weighted by Gasteiger charge is 2.35. The summed E-state index contributed by atoms with van der Waals surface area (Å²) in [6.07, 6.45) is 1.80. The summed E-state index contributed by atoms with van der Waals surface area (Å²) in [5.41, 5.74) is 4.82. The zero-order valence-electron chi connectivity index (χ0n) is 20.9. The van der Waals surface area contributed by atoms with Gasteiger partial charge < -0.3 is 10.1 Å². The molecule has 0 bridgehead atoms. The van der Waals surface area contributed by atoms with Crippen molar-refractivity contribution >= 4 is 40.1 Å². The fraction of sp³-hybridized carbons (Fsp3) is 0.276. The van der Waals surface area contributed by atoms with Gasteiger partial charge >= 0.3 is 0 Å². The Kier molecular flexibility index (Phi) is 8.44. The second kappa shape index (κ2) is 11.9. The molecular formula is C29H31N3O3S. The number of nitrogens with one attached hydrogen (secondary N) is 1. The number of hydrogen-bond donors (Lipinski definition) is 1. The van der Waals surface area contributed by atoms with Crippen LogP contribution in [0.2, 0.25) is 0 Å². The Hall–Kier alpha value is -3.58. The molecule has 1 unspecified atom stereocenters. The highest BCUT2D eigenvalue weighted by molar-refractivity contribution is 8.15. The summed E-state index contributed by atoms with van der Waals surface area (Å²) in [5.74, 6) is 0.457. The molecule has 0 spiro atoms. The van der Waals surface area contributed by atoms with Crippen LogP contribution in [0.3, 0.4) is 0 Å².